The van der Waals surface area contributed by atoms with Crippen LogP contribution in [0.15, 0.2) is 79.4 Å². The number of likely N-dealkylation sites (tertiary alicyclic amines) is 2. The molecular formula is C39H44N10O6. The van der Waals surface area contributed by atoms with Gasteiger partial charge in [0.15, 0.2) is 0 Å². The van der Waals surface area contributed by atoms with Crippen LogP contribution in [0.3, 0.4) is 0 Å². The Morgan fingerprint density at radius 2 is 1.24 bits per heavy atom. The van der Waals surface area contributed by atoms with E-state index in [-0.39, 0.29) is 30.4 Å². The highest BCUT2D eigenvalue weighted by Gasteiger charge is 2.37. The number of carbonyl (C=O) groups excluding carboxylic acids is 4. The van der Waals surface area contributed by atoms with Gasteiger partial charge in [-0.25, -0.2) is 19.6 Å². The normalized spacial score (nSPS) is 17.8. The van der Waals surface area contributed by atoms with Crippen molar-refractivity contribution in [1.82, 2.24) is 50.1 Å². The molecule has 2 saturated heterocycles. The van der Waals surface area contributed by atoms with Crippen LogP contribution in [0.1, 0.15) is 56.3 Å². The van der Waals surface area contributed by atoms with Gasteiger partial charge in [0.1, 0.15) is 23.7 Å². The molecule has 4 amide bonds. The van der Waals surface area contributed by atoms with Gasteiger partial charge in [0, 0.05) is 25.5 Å². The molecule has 16 heteroatoms. The van der Waals surface area contributed by atoms with Crippen LogP contribution in [0.5, 0.6) is 0 Å². The second-order valence-corrected chi connectivity index (χ2v) is 13.7. The van der Waals surface area contributed by atoms with E-state index in [4.69, 9.17) is 4.74 Å². The highest BCUT2D eigenvalue weighted by molar-refractivity contribution is 5.86. The van der Waals surface area contributed by atoms with E-state index < -0.39 is 24.3 Å². The predicted molar refractivity (Wildman–Crippen MR) is 201 cm³/mol. The number of nitrogens with one attached hydrogen (secondary N) is 4. The van der Waals surface area contributed by atoms with Crippen LogP contribution in [0, 0.1) is 0 Å². The summed E-state index contributed by atoms with van der Waals surface area (Å²) in [5.41, 5.74) is 5.70. The molecule has 3 aromatic heterocycles. The van der Waals surface area contributed by atoms with Crippen LogP contribution in [-0.2, 0) is 25.6 Å². The summed E-state index contributed by atoms with van der Waals surface area (Å²) in [6, 6.07) is 16.1. The fraction of sp³-hybridized carbons (Fsp3) is 0.359. The average molecular weight is 749 g/mol. The number of aromatic amines is 2. The number of hydrogen-bond acceptors (Lipinski definition) is 9. The quantitative estimate of drug-likeness (QED) is 0.147. The topological polar surface area (TPSA) is 192 Å². The van der Waals surface area contributed by atoms with Crippen LogP contribution < -0.4 is 10.6 Å². The highest BCUT2D eigenvalue weighted by atomic mass is 16.5. The zero-order chi connectivity index (χ0) is 38.5. The second kappa shape index (κ2) is 16.3. The van der Waals surface area contributed by atoms with Crippen molar-refractivity contribution in [3.8, 4) is 33.6 Å². The maximum atomic E-state index is 13.7. The van der Waals surface area contributed by atoms with Crippen LogP contribution in [-0.4, -0.2) is 103 Å². The van der Waals surface area contributed by atoms with Gasteiger partial charge in [-0.2, -0.15) is 5.10 Å². The first-order valence-corrected chi connectivity index (χ1v) is 18.3. The van der Waals surface area contributed by atoms with Crippen LogP contribution in [0.2, 0.25) is 0 Å². The van der Waals surface area contributed by atoms with E-state index in [0.29, 0.717) is 24.7 Å². The molecule has 55 heavy (non-hydrogen) atoms. The largest absolute Gasteiger partial charge is 0.453 e. The van der Waals surface area contributed by atoms with Gasteiger partial charge in [-0.3, -0.25) is 14.3 Å². The lowest BCUT2D eigenvalue weighted by molar-refractivity contribution is -0.135. The van der Waals surface area contributed by atoms with Gasteiger partial charge >= 0.3 is 12.2 Å². The maximum absolute atomic E-state index is 13.7. The summed E-state index contributed by atoms with van der Waals surface area (Å²) in [6.07, 6.45) is 8.79. The van der Waals surface area contributed by atoms with Crippen LogP contribution in [0.25, 0.3) is 33.6 Å². The summed E-state index contributed by atoms with van der Waals surface area (Å²) in [5, 5.41) is 9.42. The number of amides is 4. The van der Waals surface area contributed by atoms with Crippen molar-refractivity contribution in [1.29, 1.82) is 0 Å². The van der Waals surface area contributed by atoms with Crippen LogP contribution in [0.4, 0.5) is 9.59 Å². The van der Waals surface area contributed by atoms with Gasteiger partial charge in [-0.05, 0) is 60.9 Å². The summed E-state index contributed by atoms with van der Waals surface area (Å²) >= 11 is 0. The highest BCUT2D eigenvalue weighted by Crippen LogP contribution is 2.34. The number of nitrogens with zero attached hydrogens (tertiary/aromatic N) is 6. The first-order chi connectivity index (χ1) is 26.7. The predicted octanol–water partition coefficient (Wildman–Crippen LogP) is 4.83. The number of benzene rings is 2. The molecule has 16 nitrogen and oxygen atoms in total. The van der Waals surface area contributed by atoms with Crippen LogP contribution >= 0.6 is 0 Å². The van der Waals surface area contributed by atoms with E-state index >= 15 is 0 Å². The Bertz CT molecular complexity index is 2110. The lowest BCUT2D eigenvalue weighted by Gasteiger charge is -2.28. The Labute approximate surface area is 317 Å². The minimum atomic E-state index is -0.853. The number of alkyl carbamates (subject to hydrolysis) is 2. The summed E-state index contributed by atoms with van der Waals surface area (Å²) in [7, 11) is 2.54. The van der Waals surface area contributed by atoms with E-state index in [0.717, 1.165) is 59.3 Å². The summed E-state index contributed by atoms with van der Waals surface area (Å²) in [5.74, 6) is 1.00. The number of H-pyrrole nitrogens is 2. The standard InChI is InChI=1S/C39H44N10O6/c1-24(43-38(52)54-2)36(50)48-19-4-7-32(48)34-40-21-29(44-34)27-13-9-25(10-14-27)26-11-15-28(16-12-26)30-22-41-35(45-30)33-8-5-20-49(33)37(51)31(46-39(53)55-3)23-47-18-6-17-42-47/h6,9-18,21-22,24,31-33H,4-5,7-8,19-20,23H2,1-3H3,(H,40,44)(H,41,45)(H,43,52)(H,46,53)/t24-,31-,32-,33-/m0/s1. The summed E-state index contributed by atoms with van der Waals surface area (Å²) < 4.78 is 11.0. The number of imidazole rings is 2. The van der Waals surface area contributed by atoms with E-state index in [1.807, 2.05) is 24.3 Å². The Morgan fingerprint density at radius 1 is 0.745 bits per heavy atom. The number of rotatable bonds is 11. The first-order valence-electron chi connectivity index (χ1n) is 18.3. The molecule has 0 unspecified atom stereocenters. The average Bonchev–Trinajstić information content (AvgIpc) is 4.06. The van der Waals surface area contributed by atoms with Gasteiger partial charge in [-0.15, -0.1) is 0 Å². The zero-order valence-corrected chi connectivity index (χ0v) is 30.9. The van der Waals surface area contributed by atoms with Crippen molar-refractivity contribution in [2.24, 2.45) is 0 Å². The summed E-state index contributed by atoms with van der Waals surface area (Å²) in [4.78, 5) is 70.3. The van der Waals surface area contributed by atoms with Crippen molar-refractivity contribution in [2.45, 2.75) is 63.3 Å². The first kappa shape index (κ1) is 36.9. The third kappa shape index (κ3) is 8.07. The second-order valence-electron chi connectivity index (χ2n) is 13.7. The number of hydrogen-bond donors (Lipinski definition) is 4. The molecular weight excluding hydrogens is 704 g/mol. The molecule has 0 spiro atoms. The molecule has 0 aliphatic carbocycles. The van der Waals surface area contributed by atoms with Gasteiger partial charge in [0.25, 0.3) is 0 Å². The minimum absolute atomic E-state index is 0.175. The SMILES string of the molecule is COC(=O)N[C@@H](C)C(=O)N1CCC[C@H]1c1ncc(-c2ccc(-c3ccc(-c4cnc([C@@H]5CCCN5C(=O)[C@H](Cn5cccn5)NC(=O)OC)[nH]4)cc3)cc2)[nH]1. The monoisotopic (exact) mass is 748 g/mol. The summed E-state index contributed by atoms with van der Waals surface area (Å²) in [6.45, 7) is 2.96. The van der Waals surface area contributed by atoms with Gasteiger partial charge in [0.05, 0.1) is 56.6 Å². The maximum Gasteiger partial charge on any atom is 0.407 e. The molecule has 4 atom stereocenters. The molecule has 0 radical (unpaired) electrons. The van der Waals surface area contributed by atoms with Gasteiger partial charge < -0.3 is 39.9 Å². The van der Waals surface area contributed by atoms with E-state index in [1.165, 1.54) is 14.2 Å². The molecule has 286 valence electrons. The third-order valence-electron chi connectivity index (χ3n) is 10.2. The fourth-order valence-electron chi connectivity index (χ4n) is 7.35. The Morgan fingerprint density at radius 3 is 1.73 bits per heavy atom. The van der Waals surface area contributed by atoms with Crippen molar-refractivity contribution in [3.63, 3.8) is 0 Å². The molecule has 4 N–H and O–H groups in total. The molecule has 2 fully saturated rings. The molecule has 5 aromatic rings. The van der Waals surface area contributed by atoms with Crippen molar-refractivity contribution >= 4 is 24.0 Å². The van der Waals surface area contributed by atoms with E-state index in [1.54, 1.807) is 52.3 Å². The molecule has 2 aliphatic heterocycles. The van der Waals surface area contributed by atoms with Crippen molar-refractivity contribution < 1.29 is 28.7 Å². The molecule has 2 aromatic carbocycles. The Kier molecular flexibility index (Phi) is 10.9. The van der Waals surface area contributed by atoms with E-state index in [2.05, 4.69) is 64.7 Å². The van der Waals surface area contributed by atoms with Crippen molar-refractivity contribution in [2.75, 3.05) is 27.3 Å². The lowest BCUT2D eigenvalue weighted by Crippen LogP contribution is -2.50. The number of ether oxygens (including phenoxy) is 2. The lowest BCUT2D eigenvalue weighted by atomic mass is 10.0. The van der Waals surface area contributed by atoms with Gasteiger partial charge in [0.2, 0.25) is 11.8 Å². The zero-order valence-electron chi connectivity index (χ0n) is 30.9. The molecule has 5 heterocycles. The number of carbonyl (C=O) groups is 4. The number of methoxy groups -OCH3 is 2. The third-order valence-corrected chi connectivity index (χ3v) is 10.2. The minimum Gasteiger partial charge on any atom is -0.453 e. The van der Waals surface area contributed by atoms with E-state index in [9.17, 15) is 19.2 Å². The van der Waals surface area contributed by atoms with Gasteiger partial charge in [-0.1, -0.05) is 48.5 Å². The molecule has 0 saturated carbocycles. The van der Waals surface area contributed by atoms with Crippen molar-refractivity contribution in [3.05, 3.63) is 91.0 Å². The molecule has 7 rings (SSSR count). The fourth-order valence-corrected chi connectivity index (χ4v) is 7.35. The Hall–Kier alpha value is -6.45. The molecule has 2 aliphatic rings. The smallest absolute Gasteiger partial charge is 0.407 e. The molecule has 0 bridgehead atoms. The Balaban J connectivity index is 0.994. The number of aromatic nitrogens is 6.